The van der Waals surface area contributed by atoms with Gasteiger partial charge in [-0.1, -0.05) is 0 Å². The van der Waals surface area contributed by atoms with E-state index in [1.54, 1.807) is 27.8 Å². The minimum Gasteiger partial charge on any atom is -0.454 e. The molecule has 0 aliphatic heterocycles. The molecule has 2 heterocycles. The van der Waals surface area contributed by atoms with Crippen LogP contribution in [0, 0.1) is 15.9 Å². The Morgan fingerprint density at radius 2 is 2.00 bits per heavy atom. The molecule has 31 heavy (non-hydrogen) atoms. The molecule has 0 bridgehead atoms. The number of ether oxygens (including phenoxy) is 2. The number of nitrogens with zero attached hydrogens (tertiary/aromatic N) is 5. The van der Waals surface area contributed by atoms with Crippen molar-refractivity contribution in [2.24, 2.45) is 7.05 Å². The van der Waals surface area contributed by atoms with E-state index in [-0.39, 0.29) is 17.7 Å². The number of benzene rings is 2. The van der Waals surface area contributed by atoms with Crippen LogP contribution in [0.25, 0.3) is 22.0 Å². The number of rotatable bonds is 7. The van der Waals surface area contributed by atoms with Crippen molar-refractivity contribution in [2.75, 3.05) is 6.61 Å². The van der Waals surface area contributed by atoms with Crippen LogP contribution >= 0.6 is 0 Å². The van der Waals surface area contributed by atoms with Gasteiger partial charge < -0.3 is 9.47 Å². The molecule has 2 aromatic carbocycles. The highest BCUT2D eigenvalue weighted by Crippen LogP contribution is 2.38. The fourth-order valence-electron chi connectivity index (χ4n) is 3.29. The lowest BCUT2D eigenvalue weighted by atomic mass is 10.1. The number of nitro benzene ring substituents is 1. The van der Waals surface area contributed by atoms with Gasteiger partial charge in [0.25, 0.3) is 5.69 Å². The molecule has 4 aromatic rings. The summed E-state index contributed by atoms with van der Waals surface area (Å²) in [7, 11) is 1.82. The summed E-state index contributed by atoms with van der Waals surface area (Å²) in [5.74, 6) is -0.575. The van der Waals surface area contributed by atoms with E-state index in [1.165, 1.54) is 12.1 Å². The zero-order valence-corrected chi connectivity index (χ0v) is 17.2. The SMILES string of the molecule is CCOC(C)n1cc(-c2cc3c(cnn3C)cc2Oc2ccc([N+](=O)[O-])cc2F)cn1. The second-order valence-electron chi connectivity index (χ2n) is 6.91. The van der Waals surface area contributed by atoms with E-state index in [0.717, 1.165) is 22.5 Å². The number of aromatic nitrogens is 4. The van der Waals surface area contributed by atoms with Gasteiger partial charge in [-0.2, -0.15) is 10.2 Å². The molecule has 2 aromatic heterocycles. The first-order chi connectivity index (χ1) is 14.9. The summed E-state index contributed by atoms with van der Waals surface area (Å²) in [5.41, 5.74) is 1.92. The Morgan fingerprint density at radius 1 is 1.19 bits per heavy atom. The Kier molecular flexibility index (Phi) is 5.38. The van der Waals surface area contributed by atoms with Gasteiger partial charge in [0, 0.05) is 42.4 Å². The Bertz CT molecular complexity index is 1270. The van der Waals surface area contributed by atoms with Crippen LogP contribution < -0.4 is 4.74 Å². The summed E-state index contributed by atoms with van der Waals surface area (Å²) < 4.78 is 29.3. The van der Waals surface area contributed by atoms with Gasteiger partial charge in [0.15, 0.2) is 11.6 Å². The van der Waals surface area contributed by atoms with Crippen LogP contribution in [0.15, 0.2) is 48.9 Å². The van der Waals surface area contributed by atoms with Gasteiger partial charge in [-0.3, -0.25) is 14.8 Å². The van der Waals surface area contributed by atoms with Crippen LogP contribution in [-0.4, -0.2) is 31.1 Å². The zero-order chi connectivity index (χ0) is 22.1. The summed E-state index contributed by atoms with van der Waals surface area (Å²) in [6.45, 7) is 4.33. The van der Waals surface area contributed by atoms with E-state index >= 15 is 0 Å². The second kappa shape index (κ2) is 8.15. The number of non-ortho nitro benzene ring substituents is 1. The lowest BCUT2D eigenvalue weighted by molar-refractivity contribution is -0.385. The third-order valence-corrected chi connectivity index (χ3v) is 4.89. The van der Waals surface area contributed by atoms with Crippen LogP contribution in [0.5, 0.6) is 11.5 Å². The molecule has 1 atom stereocenters. The molecule has 0 fully saturated rings. The fourth-order valence-corrected chi connectivity index (χ4v) is 3.29. The molecule has 0 amide bonds. The van der Waals surface area contributed by atoms with Gasteiger partial charge >= 0.3 is 0 Å². The second-order valence-corrected chi connectivity index (χ2v) is 6.91. The number of fused-ring (bicyclic) bond motifs is 1. The zero-order valence-electron chi connectivity index (χ0n) is 17.2. The minimum atomic E-state index is -0.827. The molecule has 4 rings (SSSR count). The molecule has 10 heteroatoms. The summed E-state index contributed by atoms with van der Waals surface area (Å²) in [4.78, 5) is 10.2. The quantitative estimate of drug-likeness (QED) is 0.311. The van der Waals surface area contributed by atoms with Crippen molar-refractivity contribution in [1.82, 2.24) is 19.6 Å². The smallest absolute Gasteiger partial charge is 0.272 e. The largest absolute Gasteiger partial charge is 0.454 e. The first-order valence-electron chi connectivity index (χ1n) is 9.61. The average molecular weight is 425 g/mol. The normalized spacial score (nSPS) is 12.3. The van der Waals surface area contributed by atoms with Crippen molar-refractivity contribution in [3.8, 4) is 22.6 Å². The standard InChI is InChI=1S/C21H20FN5O4/c1-4-30-13(2)26-12-15(11-24-26)17-9-19-14(10-23-25(19)3)7-21(17)31-20-6-5-16(27(28)29)8-18(20)22/h5-13H,4H2,1-3H3. The molecule has 9 nitrogen and oxygen atoms in total. The number of halogens is 1. The van der Waals surface area contributed by atoms with Crippen molar-refractivity contribution in [3.63, 3.8) is 0 Å². The van der Waals surface area contributed by atoms with Crippen molar-refractivity contribution in [2.45, 2.75) is 20.1 Å². The molecule has 0 aliphatic rings. The maximum Gasteiger partial charge on any atom is 0.272 e. The van der Waals surface area contributed by atoms with Gasteiger partial charge in [-0.05, 0) is 32.0 Å². The van der Waals surface area contributed by atoms with Crippen LogP contribution in [-0.2, 0) is 11.8 Å². The number of hydrogen-bond donors (Lipinski definition) is 0. The van der Waals surface area contributed by atoms with Gasteiger partial charge in [0.05, 0.1) is 28.9 Å². The number of nitro groups is 1. The number of aryl methyl sites for hydroxylation is 1. The maximum atomic E-state index is 14.5. The van der Waals surface area contributed by atoms with Crippen LogP contribution in [0.4, 0.5) is 10.1 Å². The van der Waals surface area contributed by atoms with Crippen molar-refractivity contribution in [3.05, 3.63) is 64.9 Å². The Balaban J connectivity index is 1.79. The van der Waals surface area contributed by atoms with Crippen LogP contribution in [0.3, 0.4) is 0 Å². The molecular formula is C21H20FN5O4. The third-order valence-electron chi connectivity index (χ3n) is 4.89. The molecule has 0 aliphatic carbocycles. The monoisotopic (exact) mass is 425 g/mol. The average Bonchev–Trinajstić information content (AvgIpc) is 3.36. The topological polar surface area (TPSA) is 97.2 Å². The predicted octanol–water partition coefficient (Wildman–Crippen LogP) is 4.83. The molecule has 0 radical (unpaired) electrons. The highest BCUT2D eigenvalue weighted by molar-refractivity contribution is 5.88. The first kappa shape index (κ1) is 20.5. The van der Waals surface area contributed by atoms with E-state index < -0.39 is 10.7 Å². The lowest BCUT2D eigenvalue weighted by Gasteiger charge is -2.13. The first-order valence-corrected chi connectivity index (χ1v) is 9.61. The Hall–Kier alpha value is -3.79. The molecule has 160 valence electrons. The Morgan fingerprint density at radius 3 is 2.71 bits per heavy atom. The molecule has 0 saturated carbocycles. The van der Waals surface area contributed by atoms with Gasteiger partial charge in [0.2, 0.25) is 0 Å². The minimum absolute atomic E-state index is 0.120. The van der Waals surface area contributed by atoms with E-state index in [1.807, 2.05) is 33.2 Å². The molecule has 0 saturated heterocycles. The van der Waals surface area contributed by atoms with Gasteiger partial charge in [0.1, 0.15) is 12.0 Å². The molecule has 1 unspecified atom stereocenters. The van der Waals surface area contributed by atoms with Crippen LogP contribution in [0.1, 0.15) is 20.1 Å². The van der Waals surface area contributed by atoms with Crippen molar-refractivity contribution < 1.29 is 18.8 Å². The molecule has 0 spiro atoms. The van der Waals surface area contributed by atoms with E-state index in [4.69, 9.17) is 9.47 Å². The summed E-state index contributed by atoms with van der Waals surface area (Å²) in [5, 5.41) is 20.3. The van der Waals surface area contributed by atoms with E-state index in [9.17, 15) is 14.5 Å². The predicted molar refractivity (Wildman–Crippen MR) is 111 cm³/mol. The van der Waals surface area contributed by atoms with Crippen molar-refractivity contribution >= 4 is 16.6 Å². The lowest BCUT2D eigenvalue weighted by Crippen LogP contribution is -2.09. The van der Waals surface area contributed by atoms with E-state index in [2.05, 4.69) is 10.2 Å². The highest BCUT2D eigenvalue weighted by atomic mass is 19.1. The Labute approximate surface area is 176 Å². The van der Waals surface area contributed by atoms with Crippen molar-refractivity contribution in [1.29, 1.82) is 0 Å². The molecule has 0 N–H and O–H groups in total. The summed E-state index contributed by atoms with van der Waals surface area (Å²) >= 11 is 0. The van der Waals surface area contributed by atoms with Gasteiger partial charge in [-0.15, -0.1) is 0 Å². The maximum absolute atomic E-state index is 14.5. The molecular weight excluding hydrogens is 405 g/mol. The van der Waals surface area contributed by atoms with Crippen LogP contribution in [0.2, 0.25) is 0 Å². The fraction of sp³-hybridized carbons (Fsp3) is 0.238. The van der Waals surface area contributed by atoms with Gasteiger partial charge in [-0.25, -0.2) is 9.07 Å². The summed E-state index contributed by atoms with van der Waals surface area (Å²) in [6, 6.07) is 6.91. The number of hydrogen-bond acceptors (Lipinski definition) is 6. The highest BCUT2D eigenvalue weighted by Gasteiger charge is 2.18. The third kappa shape index (κ3) is 3.97. The van der Waals surface area contributed by atoms with E-state index in [0.29, 0.717) is 17.9 Å². The summed E-state index contributed by atoms with van der Waals surface area (Å²) in [6.07, 6.45) is 4.91.